The molecule has 0 bridgehead atoms. The third kappa shape index (κ3) is 4.77. The van der Waals surface area contributed by atoms with Crippen LogP contribution in [0.4, 0.5) is 0 Å². The Kier molecular flexibility index (Phi) is 6.93. The molecule has 8 heteroatoms. The zero-order valence-electron chi connectivity index (χ0n) is 15.9. The Morgan fingerprint density at radius 3 is 2.38 bits per heavy atom. The highest BCUT2D eigenvalue weighted by Crippen LogP contribution is 2.26. The summed E-state index contributed by atoms with van der Waals surface area (Å²) < 4.78 is 31.5. The Labute approximate surface area is 157 Å². The molecule has 3 heterocycles. The number of likely N-dealkylation sites (tertiary alicyclic amines) is 1. The second-order valence-electron chi connectivity index (χ2n) is 7.72. The second-order valence-corrected chi connectivity index (χ2v) is 9.81. The van der Waals surface area contributed by atoms with Gasteiger partial charge in [-0.1, -0.05) is 6.92 Å². The lowest BCUT2D eigenvalue weighted by Crippen LogP contribution is -2.53. The molecule has 3 aliphatic heterocycles. The molecule has 7 nitrogen and oxygen atoms in total. The predicted molar refractivity (Wildman–Crippen MR) is 100 cm³/mol. The molecular weight excluding hydrogens is 354 g/mol. The standard InChI is InChI=1S/C18H33N3O4S/c1-2-14-26(23,24)21-8-5-17(6-9-21)20-7-3-4-16(15-20)18(22)19-10-12-25-13-11-19/h16-17H,2-15H2,1H3. The van der Waals surface area contributed by atoms with E-state index < -0.39 is 10.0 Å². The third-order valence-electron chi connectivity index (χ3n) is 5.92. The summed E-state index contributed by atoms with van der Waals surface area (Å²) in [6.45, 7) is 7.70. The molecule has 3 fully saturated rings. The van der Waals surface area contributed by atoms with Crippen LogP contribution in [0.15, 0.2) is 0 Å². The van der Waals surface area contributed by atoms with Gasteiger partial charge in [-0.05, 0) is 38.6 Å². The highest BCUT2D eigenvalue weighted by atomic mass is 32.2. The molecule has 3 rings (SSSR count). The maximum Gasteiger partial charge on any atom is 0.227 e. The van der Waals surface area contributed by atoms with Gasteiger partial charge in [0.2, 0.25) is 15.9 Å². The highest BCUT2D eigenvalue weighted by Gasteiger charge is 2.35. The first kappa shape index (κ1) is 20.0. The van der Waals surface area contributed by atoms with Crippen LogP contribution >= 0.6 is 0 Å². The van der Waals surface area contributed by atoms with Gasteiger partial charge in [0.25, 0.3) is 0 Å². The van der Waals surface area contributed by atoms with Gasteiger partial charge in [-0.3, -0.25) is 9.69 Å². The van der Waals surface area contributed by atoms with Crippen molar-refractivity contribution >= 4 is 15.9 Å². The molecule has 0 N–H and O–H groups in total. The van der Waals surface area contributed by atoms with E-state index in [0.717, 1.165) is 38.8 Å². The van der Waals surface area contributed by atoms with E-state index in [9.17, 15) is 13.2 Å². The van der Waals surface area contributed by atoms with Gasteiger partial charge in [-0.25, -0.2) is 12.7 Å². The van der Waals surface area contributed by atoms with E-state index in [0.29, 0.717) is 51.9 Å². The molecule has 1 amide bonds. The van der Waals surface area contributed by atoms with Crippen LogP contribution in [0.1, 0.15) is 39.0 Å². The van der Waals surface area contributed by atoms with Gasteiger partial charge in [-0.2, -0.15) is 0 Å². The van der Waals surface area contributed by atoms with Crippen molar-refractivity contribution in [1.29, 1.82) is 0 Å². The molecule has 150 valence electrons. The summed E-state index contributed by atoms with van der Waals surface area (Å²) >= 11 is 0. The molecule has 0 aromatic rings. The topological polar surface area (TPSA) is 70.2 Å². The molecule has 0 aromatic carbocycles. The van der Waals surface area contributed by atoms with E-state index in [2.05, 4.69) is 4.90 Å². The largest absolute Gasteiger partial charge is 0.378 e. The van der Waals surface area contributed by atoms with Crippen molar-refractivity contribution in [3.63, 3.8) is 0 Å². The van der Waals surface area contributed by atoms with Crippen molar-refractivity contribution < 1.29 is 17.9 Å². The van der Waals surface area contributed by atoms with Gasteiger partial charge in [0.15, 0.2) is 0 Å². The van der Waals surface area contributed by atoms with Crippen LogP contribution in [-0.4, -0.2) is 92.7 Å². The van der Waals surface area contributed by atoms with Crippen LogP contribution in [0.3, 0.4) is 0 Å². The Balaban J connectivity index is 1.51. The van der Waals surface area contributed by atoms with Crippen molar-refractivity contribution in [2.24, 2.45) is 5.92 Å². The molecule has 0 radical (unpaired) electrons. The molecule has 3 aliphatic rings. The van der Waals surface area contributed by atoms with Crippen LogP contribution in [-0.2, 0) is 19.6 Å². The van der Waals surface area contributed by atoms with E-state index in [1.807, 2.05) is 11.8 Å². The number of amides is 1. The highest BCUT2D eigenvalue weighted by molar-refractivity contribution is 7.89. The quantitative estimate of drug-likeness (QED) is 0.697. The summed E-state index contributed by atoms with van der Waals surface area (Å²) in [5, 5.41) is 0. The second kappa shape index (κ2) is 8.99. The average molecular weight is 388 g/mol. The summed E-state index contributed by atoms with van der Waals surface area (Å²) in [6, 6.07) is 0.406. The fraction of sp³-hybridized carbons (Fsp3) is 0.944. The lowest BCUT2D eigenvalue weighted by molar-refractivity contribution is -0.141. The van der Waals surface area contributed by atoms with Crippen LogP contribution < -0.4 is 0 Å². The number of nitrogens with zero attached hydrogens (tertiary/aromatic N) is 3. The Bertz CT molecular complexity index is 569. The maximum atomic E-state index is 12.8. The maximum absolute atomic E-state index is 12.8. The van der Waals surface area contributed by atoms with Crippen LogP contribution in [0.25, 0.3) is 0 Å². The van der Waals surface area contributed by atoms with E-state index >= 15 is 0 Å². The molecule has 3 saturated heterocycles. The molecule has 1 unspecified atom stereocenters. The number of ether oxygens (including phenoxy) is 1. The molecule has 0 aliphatic carbocycles. The molecule has 1 atom stereocenters. The van der Waals surface area contributed by atoms with Crippen molar-refractivity contribution in [1.82, 2.24) is 14.1 Å². The minimum absolute atomic E-state index is 0.0868. The summed E-state index contributed by atoms with van der Waals surface area (Å²) in [6.07, 6.45) is 4.44. The van der Waals surface area contributed by atoms with Crippen molar-refractivity contribution in [3.05, 3.63) is 0 Å². The SMILES string of the molecule is CCCS(=O)(=O)N1CCC(N2CCCC(C(=O)N3CCOCC3)C2)CC1. The van der Waals surface area contributed by atoms with Crippen molar-refractivity contribution in [2.45, 2.75) is 45.1 Å². The number of hydrogen-bond donors (Lipinski definition) is 0. The van der Waals surface area contributed by atoms with Gasteiger partial charge in [0.05, 0.1) is 24.9 Å². The van der Waals surface area contributed by atoms with E-state index in [1.165, 1.54) is 0 Å². The summed E-state index contributed by atoms with van der Waals surface area (Å²) in [4.78, 5) is 17.2. The van der Waals surface area contributed by atoms with Crippen LogP contribution in [0.2, 0.25) is 0 Å². The van der Waals surface area contributed by atoms with Crippen LogP contribution in [0, 0.1) is 5.92 Å². The van der Waals surface area contributed by atoms with Gasteiger partial charge < -0.3 is 9.64 Å². The monoisotopic (exact) mass is 387 g/mol. The number of carbonyl (C=O) groups is 1. The first-order chi connectivity index (χ1) is 12.5. The number of hydrogen-bond acceptors (Lipinski definition) is 5. The lowest BCUT2D eigenvalue weighted by Gasteiger charge is -2.42. The molecule has 0 spiro atoms. The van der Waals surface area contributed by atoms with Crippen molar-refractivity contribution in [2.75, 3.05) is 58.2 Å². The number of rotatable bonds is 5. The molecule has 0 saturated carbocycles. The van der Waals surface area contributed by atoms with Gasteiger partial charge in [0, 0.05) is 38.8 Å². The lowest BCUT2D eigenvalue weighted by atomic mass is 9.93. The molecule has 0 aromatic heterocycles. The molecule has 26 heavy (non-hydrogen) atoms. The number of morpholine rings is 1. The fourth-order valence-corrected chi connectivity index (χ4v) is 6.00. The third-order valence-corrected chi connectivity index (χ3v) is 8.00. The molecular formula is C18H33N3O4S. The van der Waals surface area contributed by atoms with Crippen LogP contribution in [0.5, 0.6) is 0 Å². The van der Waals surface area contributed by atoms with E-state index in [1.54, 1.807) is 4.31 Å². The first-order valence-corrected chi connectivity index (χ1v) is 11.7. The Hall–Kier alpha value is -0.700. The summed E-state index contributed by atoms with van der Waals surface area (Å²) in [5.74, 6) is 0.613. The average Bonchev–Trinajstić information content (AvgIpc) is 2.68. The smallest absolute Gasteiger partial charge is 0.227 e. The zero-order chi connectivity index (χ0) is 18.6. The van der Waals surface area contributed by atoms with E-state index in [-0.39, 0.29) is 17.6 Å². The Morgan fingerprint density at radius 1 is 1.04 bits per heavy atom. The van der Waals surface area contributed by atoms with Gasteiger partial charge in [-0.15, -0.1) is 0 Å². The van der Waals surface area contributed by atoms with E-state index in [4.69, 9.17) is 4.74 Å². The number of sulfonamides is 1. The minimum Gasteiger partial charge on any atom is -0.378 e. The number of carbonyl (C=O) groups excluding carboxylic acids is 1. The summed E-state index contributed by atoms with van der Waals surface area (Å²) in [7, 11) is -3.08. The fourth-order valence-electron chi connectivity index (χ4n) is 4.45. The Morgan fingerprint density at radius 2 is 1.73 bits per heavy atom. The van der Waals surface area contributed by atoms with Gasteiger partial charge >= 0.3 is 0 Å². The van der Waals surface area contributed by atoms with Gasteiger partial charge in [0.1, 0.15) is 0 Å². The van der Waals surface area contributed by atoms with Crippen molar-refractivity contribution in [3.8, 4) is 0 Å². The number of piperidine rings is 2. The minimum atomic E-state index is -3.08. The first-order valence-electron chi connectivity index (χ1n) is 10.1. The predicted octanol–water partition coefficient (Wildman–Crippen LogP) is 0.761. The normalized spacial score (nSPS) is 27.6. The zero-order valence-corrected chi connectivity index (χ0v) is 16.8. The summed E-state index contributed by atoms with van der Waals surface area (Å²) in [5.41, 5.74) is 0.